The summed E-state index contributed by atoms with van der Waals surface area (Å²) in [6.45, 7) is 3.72. The Kier molecular flexibility index (Phi) is 3.35. The Morgan fingerprint density at radius 2 is 2.20 bits per heavy atom. The van der Waals surface area contributed by atoms with E-state index in [0.29, 0.717) is 12.1 Å². The average molecular weight is 292 g/mol. The quantitative estimate of drug-likeness (QED) is 0.803. The molecule has 1 atom stereocenters. The molecule has 1 fully saturated rings. The van der Waals surface area contributed by atoms with Gasteiger partial charge >= 0.3 is 5.97 Å². The second-order valence-corrected chi connectivity index (χ2v) is 6.12. The molecule has 0 spiro atoms. The maximum absolute atomic E-state index is 12.6. The first-order valence-electron chi connectivity index (χ1n) is 6.59. The van der Waals surface area contributed by atoms with Crippen molar-refractivity contribution >= 4 is 23.2 Å². The first-order valence-corrected chi connectivity index (χ1v) is 7.47. The molecule has 3 heterocycles. The minimum Gasteiger partial charge on any atom is -0.479 e. The monoisotopic (exact) mass is 292 g/mol. The molecule has 106 valence electrons. The number of amides is 1. The molecule has 1 saturated heterocycles. The Bertz CT molecular complexity index is 599. The van der Waals surface area contributed by atoms with E-state index in [1.165, 1.54) is 4.90 Å². The van der Waals surface area contributed by atoms with Crippen molar-refractivity contribution in [2.45, 2.75) is 19.4 Å². The Hall–Kier alpha value is -1.66. The van der Waals surface area contributed by atoms with Gasteiger partial charge in [0.25, 0.3) is 5.91 Å². The van der Waals surface area contributed by atoms with E-state index < -0.39 is 12.0 Å². The summed E-state index contributed by atoms with van der Waals surface area (Å²) < 4.78 is 0. The number of hydrogen-bond acceptors (Lipinski definition) is 4. The van der Waals surface area contributed by atoms with E-state index >= 15 is 0 Å². The summed E-state index contributed by atoms with van der Waals surface area (Å²) >= 11 is 1.57. The van der Waals surface area contributed by atoms with Crippen LogP contribution in [0.3, 0.4) is 0 Å². The van der Waals surface area contributed by atoms with Crippen LogP contribution in [0.25, 0.3) is 0 Å². The second-order valence-electron chi connectivity index (χ2n) is 5.12. The van der Waals surface area contributed by atoms with Crippen LogP contribution in [-0.4, -0.2) is 41.5 Å². The molecule has 2 aliphatic heterocycles. The summed E-state index contributed by atoms with van der Waals surface area (Å²) in [6.07, 6.45) is 0.739. The molecule has 3 rings (SSSR count). The molecular formula is C14H16N2O3S. The van der Waals surface area contributed by atoms with Crippen LogP contribution in [0.15, 0.2) is 22.6 Å². The standard InChI is InChI=1S/C14H16N2O3S/c1-8(9-6-15-7-9)13(17)16-4-2-11-10(3-5-20-11)12(16)14(18)19/h3,5,12,15H,2,4,6-7H2,1H3,(H,18,19). The molecule has 0 bridgehead atoms. The molecule has 1 aromatic rings. The van der Waals surface area contributed by atoms with E-state index in [4.69, 9.17) is 0 Å². The van der Waals surface area contributed by atoms with Crippen molar-refractivity contribution < 1.29 is 14.7 Å². The molecule has 2 aliphatic rings. The molecule has 20 heavy (non-hydrogen) atoms. The normalized spacial score (nSPS) is 21.1. The smallest absolute Gasteiger partial charge is 0.331 e. The van der Waals surface area contributed by atoms with Crippen molar-refractivity contribution in [3.8, 4) is 0 Å². The van der Waals surface area contributed by atoms with Gasteiger partial charge in [0.1, 0.15) is 0 Å². The lowest BCUT2D eigenvalue weighted by molar-refractivity contribution is -0.149. The summed E-state index contributed by atoms with van der Waals surface area (Å²) in [5.74, 6) is -1.10. The SMILES string of the molecule is CC(C(=O)N1CCc2sccc2C1C(=O)O)=C1CNC1. The zero-order valence-corrected chi connectivity index (χ0v) is 12.0. The van der Waals surface area contributed by atoms with Crippen LogP contribution >= 0.6 is 11.3 Å². The van der Waals surface area contributed by atoms with Gasteiger partial charge in [-0.05, 0) is 35.9 Å². The number of carbonyl (C=O) groups excluding carboxylic acids is 1. The van der Waals surface area contributed by atoms with E-state index in [2.05, 4.69) is 5.32 Å². The van der Waals surface area contributed by atoms with Crippen molar-refractivity contribution in [2.24, 2.45) is 0 Å². The lowest BCUT2D eigenvalue weighted by atomic mass is 9.97. The summed E-state index contributed by atoms with van der Waals surface area (Å²) in [7, 11) is 0. The van der Waals surface area contributed by atoms with Gasteiger partial charge in [-0.2, -0.15) is 0 Å². The van der Waals surface area contributed by atoms with E-state index in [9.17, 15) is 14.7 Å². The number of thiophene rings is 1. The van der Waals surface area contributed by atoms with E-state index in [0.717, 1.165) is 35.5 Å². The Balaban J connectivity index is 1.93. The first kappa shape index (κ1) is 13.3. The van der Waals surface area contributed by atoms with Crippen LogP contribution in [0.4, 0.5) is 0 Å². The maximum Gasteiger partial charge on any atom is 0.331 e. The molecular weight excluding hydrogens is 276 g/mol. The predicted octanol–water partition coefficient (Wildman–Crippen LogP) is 1.18. The van der Waals surface area contributed by atoms with Crippen LogP contribution in [0.5, 0.6) is 0 Å². The second kappa shape index (κ2) is 5.03. The van der Waals surface area contributed by atoms with Gasteiger partial charge in [-0.3, -0.25) is 4.79 Å². The van der Waals surface area contributed by atoms with Crippen molar-refractivity contribution in [3.63, 3.8) is 0 Å². The average Bonchev–Trinajstić information content (AvgIpc) is 2.82. The Morgan fingerprint density at radius 3 is 2.80 bits per heavy atom. The van der Waals surface area contributed by atoms with Gasteiger partial charge < -0.3 is 15.3 Å². The van der Waals surface area contributed by atoms with Crippen molar-refractivity contribution in [1.82, 2.24) is 10.2 Å². The predicted molar refractivity (Wildman–Crippen MR) is 75.7 cm³/mol. The van der Waals surface area contributed by atoms with Gasteiger partial charge in [0, 0.05) is 30.1 Å². The third kappa shape index (κ3) is 2.05. The number of nitrogens with zero attached hydrogens (tertiary/aromatic N) is 1. The van der Waals surface area contributed by atoms with E-state index in [-0.39, 0.29) is 5.91 Å². The number of fused-ring (bicyclic) bond motifs is 1. The highest BCUT2D eigenvalue weighted by Gasteiger charge is 2.37. The number of nitrogens with one attached hydrogen (secondary N) is 1. The summed E-state index contributed by atoms with van der Waals surface area (Å²) in [5, 5.41) is 14.5. The highest BCUT2D eigenvalue weighted by Crippen LogP contribution is 2.34. The van der Waals surface area contributed by atoms with Gasteiger partial charge in [-0.1, -0.05) is 0 Å². The van der Waals surface area contributed by atoms with Crippen molar-refractivity contribution in [3.05, 3.63) is 33.0 Å². The fourth-order valence-corrected chi connectivity index (χ4v) is 3.59. The molecule has 0 radical (unpaired) electrons. The number of hydrogen-bond donors (Lipinski definition) is 2. The number of aliphatic carboxylic acids is 1. The number of carboxylic acids is 1. The highest BCUT2D eigenvalue weighted by atomic mass is 32.1. The molecule has 0 saturated carbocycles. The molecule has 5 nitrogen and oxygen atoms in total. The van der Waals surface area contributed by atoms with Crippen LogP contribution in [-0.2, 0) is 16.0 Å². The number of carboxylic acid groups (broad SMARTS) is 1. The molecule has 6 heteroatoms. The summed E-state index contributed by atoms with van der Waals surface area (Å²) in [4.78, 5) is 26.7. The Morgan fingerprint density at radius 1 is 1.45 bits per heavy atom. The summed E-state index contributed by atoms with van der Waals surface area (Å²) in [6, 6.07) is 0.979. The zero-order chi connectivity index (χ0) is 14.3. The van der Waals surface area contributed by atoms with Gasteiger partial charge in [-0.25, -0.2) is 4.79 Å². The molecule has 0 aromatic carbocycles. The van der Waals surface area contributed by atoms with Gasteiger partial charge in [-0.15, -0.1) is 11.3 Å². The Labute approximate surface area is 120 Å². The van der Waals surface area contributed by atoms with Crippen LogP contribution in [0.1, 0.15) is 23.4 Å². The van der Waals surface area contributed by atoms with Gasteiger partial charge in [0.05, 0.1) is 0 Å². The van der Waals surface area contributed by atoms with Crippen LogP contribution in [0, 0.1) is 0 Å². The van der Waals surface area contributed by atoms with Crippen LogP contribution < -0.4 is 5.32 Å². The number of rotatable bonds is 2. The number of carbonyl (C=O) groups is 2. The fraction of sp³-hybridized carbons (Fsp3) is 0.429. The maximum atomic E-state index is 12.6. The third-order valence-corrected chi connectivity index (χ3v) is 4.99. The zero-order valence-electron chi connectivity index (χ0n) is 11.2. The van der Waals surface area contributed by atoms with E-state index in [1.807, 2.05) is 11.4 Å². The molecule has 0 aliphatic carbocycles. The first-order chi connectivity index (χ1) is 9.59. The van der Waals surface area contributed by atoms with Crippen LogP contribution in [0.2, 0.25) is 0 Å². The molecule has 1 unspecified atom stereocenters. The lowest BCUT2D eigenvalue weighted by Gasteiger charge is -2.34. The minimum atomic E-state index is -0.956. The largest absolute Gasteiger partial charge is 0.479 e. The minimum absolute atomic E-state index is 0.147. The van der Waals surface area contributed by atoms with Crippen molar-refractivity contribution in [1.29, 1.82) is 0 Å². The fourth-order valence-electron chi connectivity index (χ4n) is 2.68. The summed E-state index contributed by atoms with van der Waals surface area (Å²) in [5.41, 5.74) is 2.54. The van der Waals surface area contributed by atoms with E-state index in [1.54, 1.807) is 18.3 Å². The lowest BCUT2D eigenvalue weighted by Crippen LogP contribution is -2.45. The topological polar surface area (TPSA) is 69.6 Å². The molecule has 1 amide bonds. The van der Waals surface area contributed by atoms with Gasteiger partial charge in [0.2, 0.25) is 0 Å². The molecule has 2 N–H and O–H groups in total. The van der Waals surface area contributed by atoms with Gasteiger partial charge in [0.15, 0.2) is 6.04 Å². The third-order valence-electron chi connectivity index (χ3n) is 3.99. The van der Waals surface area contributed by atoms with Crippen molar-refractivity contribution in [2.75, 3.05) is 19.6 Å². The highest BCUT2D eigenvalue weighted by molar-refractivity contribution is 7.10. The molecule has 1 aromatic heterocycles.